The van der Waals surface area contributed by atoms with Crippen LogP contribution < -0.4 is 0 Å². The fraction of sp³-hybridized carbons (Fsp3) is 0.389. The zero-order valence-corrected chi connectivity index (χ0v) is 14.8. The first-order valence-corrected chi connectivity index (χ1v) is 8.06. The smallest absolute Gasteiger partial charge is 0.358 e. The number of aromatic nitrogens is 2. The van der Waals surface area contributed by atoms with E-state index >= 15 is 0 Å². The molecule has 0 fully saturated rings. The number of furan rings is 1. The van der Waals surface area contributed by atoms with E-state index in [4.69, 9.17) is 4.42 Å². The molecule has 0 saturated carbocycles. The lowest BCUT2D eigenvalue weighted by atomic mass is 10.1. The van der Waals surface area contributed by atoms with Gasteiger partial charge in [-0.05, 0) is 38.0 Å². The number of nitrogens with zero attached hydrogens (tertiary/aromatic N) is 3. The van der Waals surface area contributed by atoms with Crippen LogP contribution >= 0.6 is 0 Å². The number of hydrogen-bond donors (Lipinski definition) is 1. The summed E-state index contributed by atoms with van der Waals surface area (Å²) in [7, 11) is 1.30. The minimum atomic E-state index is -1.14. The number of aliphatic hydroxyl groups is 1. The molecule has 0 bridgehead atoms. The van der Waals surface area contributed by atoms with E-state index in [1.807, 2.05) is 0 Å². The molecular formula is C18H19N3O5. The van der Waals surface area contributed by atoms with Crippen molar-refractivity contribution < 1.29 is 23.8 Å². The van der Waals surface area contributed by atoms with Gasteiger partial charge in [-0.3, -0.25) is 9.48 Å². The van der Waals surface area contributed by atoms with Gasteiger partial charge in [-0.25, -0.2) is 4.79 Å². The van der Waals surface area contributed by atoms with E-state index in [0.29, 0.717) is 25.4 Å². The van der Waals surface area contributed by atoms with E-state index in [1.54, 1.807) is 41.6 Å². The Morgan fingerprint density at radius 2 is 2.12 bits per heavy atom. The molecule has 3 rings (SSSR count). The largest absolute Gasteiger partial charge is 0.464 e. The molecule has 2 aromatic rings. The molecule has 0 aliphatic carbocycles. The van der Waals surface area contributed by atoms with Crippen molar-refractivity contribution in [1.82, 2.24) is 14.7 Å². The van der Waals surface area contributed by atoms with Gasteiger partial charge in [0.15, 0.2) is 17.2 Å². The minimum Gasteiger partial charge on any atom is -0.464 e. The van der Waals surface area contributed by atoms with E-state index in [2.05, 4.69) is 21.7 Å². The molecule has 1 N–H and O–H groups in total. The Morgan fingerprint density at radius 3 is 2.81 bits per heavy atom. The summed E-state index contributed by atoms with van der Waals surface area (Å²) in [6.45, 7) is 4.36. The van der Waals surface area contributed by atoms with Crippen molar-refractivity contribution >= 4 is 11.9 Å². The summed E-state index contributed by atoms with van der Waals surface area (Å²) in [6.07, 6.45) is 0. The zero-order chi connectivity index (χ0) is 18.9. The minimum absolute atomic E-state index is 0.172. The molecule has 2 aromatic heterocycles. The third-order valence-electron chi connectivity index (χ3n) is 3.79. The summed E-state index contributed by atoms with van der Waals surface area (Å²) < 4.78 is 11.8. The Morgan fingerprint density at radius 1 is 1.35 bits per heavy atom. The maximum Gasteiger partial charge on any atom is 0.358 e. The van der Waals surface area contributed by atoms with Gasteiger partial charge in [-0.15, -0.1) is 0 Å². The summed E-state index contributed by atoms with van der Waals surface area (Å²) in [4.78, 5) is 25.8. The predicted octanol–water partition coefficient (Wildman–Crippen LogP) is 1.04. The van der Waals surface area contributed by atoms with Crippen LogP contribution in [-0.2, 0) is 17.8 Å². The molecule has 136 valence electrons. The highest BCUT2D eigenvalue weighted by Crippen LogP contribution is 2.18. The standard InChI is InChI=1S/C18H19N3O5/c1-18(2,24)7-6-13-4-5-15(26-13)16(22)20-8-9-21-12(11-20)10-14(19-21)17(23)25-3/h4-5,10,24H,8-9,11H2,1-3H3. The summed E-state index contributed by atoms with van der Waals surface area (Å²) >= 11 is 0. The number of methoxy groups -OCH3 is 1. The molecule has 1 aliphatic rings. The SMILES string of the molecule is COC(=O)c1cc2n(n1)CCN(C(=O)c1ccc(C#CC(C)(C)O)o1)C2. The Labute approximate surface area is 150 Å². The normalized spacial score (nSPS) is 13.6. The van der Waals surface area contributed by atoms with Crippen molar-refractivity contribution in [2.75, 3.05) is 13.7 Å². The highest BCUT2D eigenvalue weighted by Gasteiger charge is 2.26. The lowest BCUT2D eigenvalue weighted by Crippen LogP contribution is -2.38. The van der Waals surface area contributed by atoms with Crippen molar-refractivity contribution in [2.45, 2.75) is 32.5 Å². The predicted molar refractivity (Wildman–Crippen MR) is 90.2 cm³/mol. The number of amides is 1. The molecule has 1 amide bonds. The van der Waals surface area contributed by atoms with Crippen LogP contribution in [0.15, 0.2) is 22.6 Å². The Hall–Kier alpha value is -3.05. The molecule has 3 heterocycles. The van der Waals surface area contributed by atoms with Crippen molar-refractivity contribution in [3.05, 3.63) is 41.1 Å². The van der Waals surface area contributed by atoms with Gasteiger partial charge in [-0.2, -0.15) is 5.10 Å². The topological polar surface area (TPSA) is 97.8 Å². The summed E-state index contributed by atoms with van der Waals surface area (Å²) in [5, 5.41) is 13.8. The van der Waals surface area contributed by atoms with Crippen LogP contribution in [0.5, 0.6) is 0 Å². The van der Waals surface area contributed by atoms with Crippen LogP contribution in [-0.4, -0.2) is 50.9 Å². The van der Waals surface area contributed by atoms with Crippen LogP contribution in [0.1, 0.15) is 46.3 Å². The molecule has 0 spiro atoms. The lowest BCUT2D eigenvalue weighted by Gasteiger charge is -2.26. The number of esters is 1. The molecular weight excluding hydrogens is 338 g/mol. The fourth-order valence-corrected chi connectivity index (χ4v) is 2.53. The van der Waals surface area contributed by atoms with Crippen molar-refractivity contribution in [3.8, 4) is 11.8 Å². The second kappa shape index (κ2) is 6.69. The Balaban J connectivity index is 1.73. The second-order valence-electron chi connectivity index (χ2n) is 6.44. The Kier molecular flexibility index (Phi) is 4.57. The van der Waals surface area contributed by atoms with Gasteiger partial charge in [0, 0.05) is 6.54 Å². The first-order chi connectivity index (χ1) is 12.3. The van der Waals surface area contributed by atoms with Gasteiger partial charge in [-0.1, -0.05) is 5.92 Å². The highest BCUT2D eigenvalue weighted by atomic mass is 16.5. The van der Waals surface area contributed by atoms with Crippen LogP contribution in [0.2, 0.25) is 0 Å². The monoisotopic (exact) mass is 357 g/mol. The van der Waals surface area contributed by atoms with Crippen LogP contribution in [0, 0.1) is 11.8 Å². The zero-order valence-electron chi connectivity index (χ0n) is 14.8. The van der Waals surface area contributed by atoms with Gasteiger partial charge < -0.3 is 19.2 Å². The maximum absolute atomic E-state index is 12.6. The van der Waals surface area contributed by atoms with Gasteiger partial charge in [0.2, 0.25) is 0 Å². The second-order valence-corrected chi connectivity index (χ2v) is 6.44. The van der Waals surface area contributed by atoms with Gasteiger partial charge in [0.25, 0.3) is 5.91 Å². The molecule has 8 nitrogen and oxygen atoms in total. The summed E-state index contributed by atoms with van der Waals surface area (Å²) in [5.74, 6) is 5.04. The molecule has 0 atom stereocenters. The maximum atomic E-state index is 12.6. The number of hydrogen-bond acceptors (Lipinski definition) is 6. The Bertz CT molecular complexity index is 907. The number of fused-ring (bicyclic) bond motifs is 1. The lowest BCUT2D eigenvalue weighted by molar-refractivity contribution is 0.0590. The third-order valence-corrected chi connectivity index (χ3v) is 3.79. The van der Waals surface area contributed by atoms with E-state index < -0.39 is 11.6 Å². The van der Waals surface area contributed by atoms with Gasteiger partial charge >= 0.3 is 5.97 Å². The van der Waals surface area contributed by atoms with Crippen molar-refractivity contribution in [3.63, 3.8) is 0 Å². The average Bonchev–Trinajstić information content (AvgIpc) is 3.24. The quantitative estimate of drug-likeness (QED) is 0.637. The molecule has 1 aliphatic heterocycles. The molecule has 26 heavy (non-hydrogen) atoms. The van der Waals surface area contributed by atoms with Crippen LogP contribution in [0.3, 0.4) is 0 Å². The molecule has 0 unspecified atom stereocenters. The third kappa shape index (κ3) is 3.78. The van der Waals surface area contributed by atoms with E-state index in [0.717, 1.165) is 5.69 Å². The van der Waals surface area contributed by atoms with Crippen LogP contribution in [0.4, 0.5) is 0 Å². The fourth-order valence-electron chi connectivity index (χ4n) is 2.53. The van der Waals surface area contributed by atoms with Gasteiger partial charge in [0.05, 0.1) is 25.9 Å². The van der Waals surface area contributed by atoms with Crippen LogP contribution in [0.25, 0.3) is 0 Å². The molecule has 0 radical (unpaired) electrons. The van der Waals surface area contributed by atoms with E-state index in [9.17, 15) is 14.7 Å². The van der Waals surface area contributed by atoms with E-state index in [-0.39, 0.29) is 17.4 Å². The number of carbonyl (C=O) groups excluding carboxylic acids is 2. The number of rotatable bonds is 2. The highest BCUT2D eigenvalue weighted by molar-refractivity contribution is 5.92. The number of ether oxygens (including phenoxy) is 1. The summed E-state index contributed by atoms with van der Waals surface area (Å²) in [6, 6.07) is 4.77. The average molecular weight is 357 g/mol. The first kappa shape index (κ1) is 17.8. The van der Waals surface area contributed by atoms with Gasteiger partial charge in [0.1, 0.15) is 5.60 Å². The summed E-state index contributed by atoms with van der Waals surface area (Å²) in [5.41, 5.74) is -0.169. The van der Waals surface area contributed by atoms with Crippen molar-refractivity contribution in [1.29, 1.82) is 0 Å². The van der Waals surface area contributed by atoms with Crippen molar-refractivity contribution in [2.24, 2.45) is 0 Å². The molecule has 0 aromatic carbocycles. The molecule has 8 heteroatoms. The first-order valence-electron chi connectivity index (χ1n) is 8.06. The molecule has 0 saturated heterocycles. The number of carbonyl (C=O) groups is 2. The van der Waals surface area contributed by atoms with E-state index in [1.165, 1.54) is 7.11 Å².